The van der Waals surface area contributed by atoms with E-state index in [-0.39, 0.29) is 0 Å². The minimum absolute atomic E-state index is 0.292. The van der Waals surface area contributed by atoms with Gasteiger partial charge in [0.1, 0.15) is 0 Å². The van der Waals surface area contributed by atoms with Gasteiger partial charge in [0.15, 0.2) is 0 Å². The molecule has 1 aromatic carbocycles. The van der Waals surface area contributed by atoms with Crippen molar-refractivity contribution in [2.24, 2.45) is 0 Å². The molecule has 3 rings (SSSR count). The monoisotopic (exact) mass is 369 g/mol. The summed E-state index contributed by atoms with van der Waals surface area (Å²) in [4.78, 5) is 16.9. The summed E-state index contributed by atoms with van der Waals surface area (Å²) in [6.07, 6.45) is 9.38. The third-order valence-corrected chi connectivity index (χ3v) is 6.07. The molecular weight excluding hydrogens is 334 g/mol. The fourth-order valence-electron chi connectivity index (χ4n) is 4.13. The molecule has 0 bridgehead atoms. The SMILES string of the molecule is Cc1cccc(N2CCN(C(=O)CCNCCC3=CCCCC3)CC2)c1C. The number of aryl methyl sites for hydroxylation is 1. The fraction of sp³-hybridized carbons (Fsp3) is 0.609. The summed E-state index contributed by atoms with van der Waals surface area (Å²) in [6, 6.07) is 6.49. The number of amides is 1. The van der Waals surface area contributed by atoms with Crippen molar-refractivity contribution in [2.45, 2.75) is 52.4 Å². The summed E-state index contributed by atoms with van der Waals surface area (Å²) < 4.78 is 0. The van der Waals surface area contributed by atoms with Crippen molar-refractivity contribution in [1.29, 1.82) is 0 Å². The van der Waals surface area contributed by atoms with Gasteiger partial charge in [-0.15, -0.1) is 0 Å². The van der Waals surface area contributed by atoms with Gasteiger partial charge in [0.25, 0.3) is 0 Å². The Labute approximate surface area is 164 Å². The Kier molecular flexibility index (Phi) is 7.33. The van der Waals surface area contributed by atoms with Crippen LogP contribution in [0.15, 0.2) is 29.8 Å². The highest BCUT2D eigenvalue weighted by atomic mass is 16.2. The molecule has 1 amide bonds. The molecule has 4 nitrogen and oxygen atoms in total. The number of nitrogens with one attached hydrogen (secondary N) is 1. The standard InChI is InChI=1S/C23H35N3O/c1-19-7-6-10-22(20(19)2)25-15-17-26(18-16-25)23(27)12-14-24-13-11-21-8-4-3-5-9-21/h6-8,10,24H,3-5,9,11-18H2,1-2H3. The van der Waals surface area contributed by atoms with E-state index in [2.05, 4.69) is 48.3 Å². The van der Waals surface area contributed by atoms with Crippen molar-refractivity contribution in [1.82, 2.24) is 10.2 Å². The second-order valence-corrected chi connectivity index (χ2v) is 7.95. The van der Waals surface area contributed by atoms with Crippen LogP contribution in [0.5, 0.6) is 0 Å². The molecule has 0 atom stereocenters. The summed E-state index contributed by atoms with van der Waals surface area (Å²) in [5.41, 5.74) is 5.61. The second kappa shape index (κ2) is 9.93. The fourth-order valence-corrected chi connectivity index (χ4v) is 4.13. The molecule has 1 N–H and O–H groups in total. The predicted molar refractivity (Wildman–Crippen MR) is 113 cm³/mol. The lowest BCUT2D eigenvalue weighted by Gasteiger charge is -2.37. The molecule has 0 aromatic heterocycles. The summed E-state index contributed by atoms with van der Waals surface area (Å²) in [6.45, 7) is 9.67. The molecule has 0 unspecified atom stereocenters. The number of hydrogen-bond donors (Lipinski definition) is 1. The predicted octanol–water partition coefficient (Wildman–Crippen LogP) is 3.82. The first-order valence-corrected chi connectivity index (χ1v) is 10.6. The first-order chi connectivity index (χ1) is 13.1. The first kappa shape index (κ1) is 19.9. The molecule has 4 heteroatoms. The maximum atomic E-state index is 12.5. The van der Waals surface area contributed by atoms with Gasteiger partial charge in [-0.2, -0.15) is 0 Å². The van der Waals surface area contributed by atoms with E-state index >= 15 is 0 Å². The Morgan fingerprint density at radius 1 is 1.07 bits per heavy atom. The van der Waals surface area contributed by atoms with Crippen molar-refractivity contribution in [3.8, 4) is 0 Å². The molecule has 0 radical (unpaired) electrons. The largest absolute Gasteiger partial charge is 0.368 e. The first-order valence-electron chi connectivity index (χ1n) is 10.6. The number of hydrogen-bond acceptors (Lipinski definition) is 3. The number of nitrogens with zero attached hydrogens (tertiary/aromatic N) is 2. The molecule has 1 saturated heterocycles. The number of piperazine rings is 1. The zero-order chi connectivity index (χ0) is 19.1. The molecular formula is C23H35N3O. The van der Waals surface area contributed by atoms with Gasteiger partial charge >= 0.3 is 0 Å². The lowest BCUT2D eigenvalue weighted by molar-refractivity contribution is -0.131. The highest BCUT2D eigenvalue weighted by Gasteiger charge is 2.21. The Bertz CT molecular complexity index is 660. The molecule has 0 spiro atoms. The third kappa shape index (κ3) is 5.58. The molecule has 1 aromatic rings. The van der Waals surface area contributed by atoms with Crippen LogP contribution in [0.3, 0.4) is 0 Å². The highest BCUT2D eigenvalue weighted by molar-refractivity contribution is 5.76. The number of allylic oxidation sites excluding steroid dienone is 1. The summed E-state index contributed by atoms with van der Waals surface area (Å²) in [7, 11) is 0. The number of benzene rings is 1. The zero-order valence-electron chi connectivity index (χ0n) is 17.1. The lowest BCUT2D eigenvalue weighted by atomic mass is 9.97. The molecule has 2 aliphatic rings. The molecule has 1 aliphatic carbocycles. The molecule has 1 heterocycles. The van der Waals surface area contributed by atoms with E-state index in [4.69, 9.17) is 0 Å². The number of anilines is 1. The minimum atomic E-state index is 0.292. The van der Waals surface area contributed by atoms with Gasteiger partial charge in [0, 0.05) is 44.8 Å². The maximum absolute atomic E-state index is 12.5. The Balaban J connectivity index is 1.35. The lowest BCUT2D eigenvalue weighted by Crippen LogP contribution is -2.49. The molecule has 1 fully saturated rings. The second-order valence-electron chi connectivity index (χ2n) is 7.95. The molecule has 148 valence electrons. The van der Waals surface area contributed by atoms with E-state index in [1.807, 2.05) is 4.90 Å². The van der Waals surface area contributed by atoms with Gasteiger partial charge in [-0.3, -0.25) is 4.79 Å². The molecule has 27 heavy (non-hydrogen) atoms. The van der Waals surface area contributed by atoms with Crippen LogP contribution in [0.2, 0.25) is 0 Å². The van der Waals surface area contributed by atoms with Crippen LogP contribution >= 0.6 is 0 Å². The van der Waals surface area contributed by atoms with Gasteiger partial charge < -0.3 is 15.1 Å². The van der Waals surface area contributed by atoms with E-state index in [1.54, 1.807) is 5.57 Å². The summed E-state index contributed by atoms with van der Waals surface area (Å²) in [5, 5.41) is 3.45. The Morgan fingerprint density at radius 3 is 2.63 bits per heavy atom. The number of carbonyl (C=O) groups excluding carboxylic acids is 1. The van der Waals surface area contributed by atoms with E-state index in [0.717, 1.165) is 45.7 Å². The number of carbonyl (C=O) groups is 1. The van der Waals surface area contributed by atoms with Gasteiger partial charge in [-0.25, -0.2) is 0 Å². The van der Waals surface area contributed by atoms with Crippen LogP contribution in [-0.2, 0) is 4.79 Å². The number of rotatable bonds is 7. The summed E-state index contributed by atoms with van der Waals surface area (Å²) >= 11 is 0. The van der Waals surface area contributed by atoms with Crippen LogP contribution in [0.1, 0.15) is 49.7 Å². The van der Waals surface area contributed by atoms with Gasteiger partial charge in [0.2, 0.25) is 5.91 Å². The van der Waals surface area contributed by atoms with Crippen LogP contribution in [0.25, 0.3) is 0 Å². The van der Waals surface area contributed by atoms with E-state index in [1.165, 1.54) is 42.5 Å². The van der Waals surface area contributed by atoms with Crippen LogP contribution in [0.4, 0.5) is 5.69 Å². The van der Waals surface area contributed by atoms with Crippen LogP contribution < -0.4 is 10.2 Å². The average molecular weight is 370 g/mol. The van der Waals surface area contributed by atoms with Gasteiger partial charge in [-0.1, -0.05) is 23.8 Å². The summed E-state index contributed by atoms with van der Waals surface area (Å²) in [5.74, 6) is 0.292. The zero-order valence-corrected chi connectivity index (χ0v) is 17.1. The minimum Gasteiger partial charge on any atom is -0.368 e. The Morgan fingerprint density at radius 2 is 1.89 bits per heavy atom. The average Bonchev–Trinajstić information content (AvgIpc) is 2.70. The van der Waals surface area contributed by atoms with Crippen LogP contribution in [-0.4, -0.2) is 50.1 Å². The van der Waals surface area contributed by atoms with Crippen molar-refractivity contribution >= 4 is 11.6 Å². The highest BCUT2D eigenvalue weighted by Crippen LogP contribution is 2.24. The molecule has 0 saturated carbocycles. The smallest absolute Gasteiger partial charge is 0.223 e. The van der Waals surface area contributed by atoms with Crippen molar-refractivity contribution < 1.29 is 4.79 Å². The van der Waals surface area contributed by atoms with Gasteiger partial charge in [-0.05, 0) is 69.7 Å². The van der Waals surface area contributed by atoms with Crippen LogP contribution in [0, 0.1) is 13.8 Å². The maximum Gasteiger partial charge on any atom is 0.223 e. The topological polar surface area (TPSA) is 35.6 Å². The quantitative estimate of drug-likeness (QED) is 0.586. The van der Waals surface area contributed by atoms with Crippen molar-refractivity contribution in [3.63, 3.8) is 0 Å². The third-order valence-electron chi connectivity index (χ3n) is 6.07. The van der Waals surface area contributed by atoms with Crippen molar-refractivity contribution in [3.05, 3.63) is 41.0 Å². The normalized spacial score (nSPS) is 17.8. The molecule has 1 aliphatic heterocycles. The van der Waals surface area contributed by atoms with Gasteiger partial charge in [0.05, 0.1) is 0 Å². The van der Waals surface area contributed by atoms with Crippen molar-refractivity contribution in [2.75, 3.05) is 44.2 Å². The Hall–Kier alpha value is -1.81. The van der Waals surface area contributed by atoms with E-state index < -0.39 is 0 Å². The van der Waals surface area contributed by atoms with E-state index in [0.29, 0.717) is 12.3 Å². The van der Waals surface area contributed by atoms with E-state index in [9.17, 15) is 4.79 Å².